The number of benzene rings is 1. The molecule has 0 spiro atoms. The van der Waals surface area contributed by atoms with Crippen molar-refractivity contribution in [1.29, 1.82) is 0 Å². The first-order valence-corrected chi connectivity index (χ1v) is 8.09. The molecule has 150 valence electrons. The Bertz CT molecular complexity index is 1010. The number of aromatic nitrogens is 4. The quantitative estimate of drug-likeness (QED) is 0.443. The highest BCUT2D eigenvalue weighted by Gasteiger charge is 2.35. The molecule has 0 atom stereocenters. The molecule has 1 aromatic carbocycles. The fourth-order valence-corrected chi connectivity index (χ4v) is 2.58. The zero-order valence-electron chi connectivity index (χ0n) is 14.5. The molecule has 0 aliphatic heterocycles. The van der Waals surface area contributed by atoms with Crippen LogP contribution < -0.4 is 5.76 Å². The van der Waals surface area contributed by atoms with E-state index in [0.717, 1.165) is 17.1 Å². The molecule has 2 heterocycles. The van der Waals surface area contributed by atoms with Gasteiger partial charge in [-0.2, -0.15) is 13.2 Å². The van der Waals surface area contributed by atoms with Crippen molar-refractivity contribution >= 4 is 0 Å². The van der Waals surface area contributed by atoms with Crippen molar-refractivity contribution in [3.63, 3.8) is 0 Å². The minimum atomic E-state index is -4.94. The summed E-state index contributed by atoms with van der Waals surface area (Å²) in [5, 5.41) is 11.0. The number of rotatable bonds is 7. The maximum atomic E-state index is 13.6. The van der Waals surface area contributed by atoms with E-state index in [9.17, 15) is 22.4 Å². The summed E-state index contributed by atoms with van der Waals surface area (Å²) in [4.78, 5) is 12.1. The van der Waals surface area contributed by atoms with Gasteiger partial charge in [0.2, 0.25) is 5.82 Å². The molecule has 0 saturated heterocycles. The summed E-state index contributed by atoms with van der Waals surface area (Å²) in [5.74, 6) is -2.74. The summed E-state index contributed by atoms with van der Waals surface area (Å²) in [7, 11) is 1.56. The van der Waals surface area contributed by atoms with Crippen LogP contribution >= 0.6 is 0 Å². The van der Waals surface area contributed by atoms with Crippen LogP contribution in [0.3, 0.4) is 0 Å². The van der Waals surface area contributed by atoms with Crippen molar-refractivity contribution in [3.05, 3.63) is 45.8 Å². The van der Waals surface area contributed by atoms with Crippen LogP contribution in [0.2, 0.25) is 0 Å². The van der Waals surface area contributed by atoms with Crippen molar-refractivity contribution in [1.82, 2.24) is 20.0 Å². The SMILES string of the molecule is COCCCCc1nonc1-c1noc(=O)n1-c1ccc(F)c(C(F)(F)F)c1. The summed E-state index contributed by atoms with van der Waals surface area (Å²) < 4.78 is 67.5. The molecule has 2 aromatic heterocycles. The van der Waals surface area contributed by atoms with E-state index in [4.69, 9.17) is 4.74 Å². The first-order chi connectivity index (χ1) is 13.3. The molecule has 3 aromatic rings. The molecular formula is C16H14F4N4O4. The lowest BCUT2D eigenvalue weighted by Gasteiger charge is -2.10. The van der Waals surface area contributed by atoms with E-state index >= 15 is 0 Å². The Balaban J connectivity index is 2.01. The zero-order chi connectivity index (χ0) is 20.3. The molecule has 0 unspecified atom stereocenters. The van der Waals surface area contributed by atoms with Crippen LogP contribution in [0.15, 0.2) is 32.1 Å². The Morgan fingerprint density at radius 1 is 1.18 bits per heavy atom. The normalized spacial score (nSPS) is 11.9. The van der Waals surface area contributed by atoms with E-state index in [-0.39, 0.29) is 17.2 Å². The molecule has 0 fully saturated rings. The zero-order valence-corrected chi connectivity index (χ0v) is 14.5. The Morgan fingerprint density at radius 2 is 1.96 bits per heavy atom. The highest BCUT2D eigenvalue weighted by molar-refractivity contribution is 5.55. The van der Waals surface area contributed by atoms with Gasteiger partial charge >= 0.3 is 11.9 Å². The first-order valence-electron chi connectivity index (χ1n) is 8.09. The molecule has 0 bridgehead atoms. The van der Waals surface area contributed by atoms with Gasteiger partial charge in [-0.15, -0.1) is 0 Å². The fourth-order valence-electron chi connectivity index (χ4n) is 2.58. The third-order valence-electron chi connectivity index (χ3n) is 3.90. The van der Waals surface area contributed by atoms with E-state index < -0.39 is 23.3 Å². The predicted octanol–water partition coefficient (Wildman–Crippen LogP) is 3.00. The molecule has 28 heavy (non-hydrogen) atoms. The van der Waals surface area contributed by atoms with Gasteiger partial charge in [0.15, 0.2) is 5.69 Å². The number of alkyl halides is 3. The molecule has 0 amide bonds. The van der Waals surface area contributed by atoms with Gasteiger partial charge in [-0.1, -0.05) is 10.3 Å². The van der Waals surface area contributed by atoms with Crippen LogP contribution in [0.4, 0.5) is 17.6 Å². The van der Waals surface area contributed by atoms with Gasteiger partial charge in [0.05, 0.1) is 11.3 Å². The number of unbranched alkanes of at least 4 members (excludes halogenated alkanes) is 1. The summed E-state index contributed by atoms with van der Waals surface area (Å²) in [6, 6.07) is 2.09. The molecule has 3 rings (SSSR count). The summed E-state index contributed by atoms with van der Waals surface area (Å²) in [6.07, 6.45) is -3.16. The van der Waals surface area contributed by atoms with Crippen LogP contribution in [-0.2, 0) is 17.3 Å². The molecule has 0 radical (unpaired) electrons. The van der Waals surface area contributed by atoms with Crippen LogP contribution in [0.5, 0.6) is 0 Å². The molecule has 12 heteroatoms. The standard InChI is InChI=1S/C16H14F4N4O4/c1-26-7-3-2-4-12-13(22-28-21-12)14-23-27-15(25)24(14)9-5-6-11(17)10(8-9)16(18,19)20/h5-6,8H,2-4,7H2,1H3. The van der Waals surface area contributed by atoms with E-state index in [1.54, 1.807) is 7.11 Å². The number of aryl methyl sites for hydroxylation is 1. The molecule has 0 saturated carbocycles. The number of nitrogens with zero attached hydrogens (tertiary/aromatic N) is 4. The van der Waals surface area contributed by atoms with E-state index in [2.05, 4.69) is 24.6 Å². The van der Waals surface area contributed by atoms with Crippen LogP contribution in [0, 0.1) is 5.82 Å². The van der Waals surface area contributed by atoms with E-state index in [1.165, 1.54) is 0 Å². The minimum absolute atomic E-state index is 0.0427. The molecule has 0 N–H and O–H groups in total. The largest absolute Gasteiger partial charge is 0.446 e. The summed E-state index contributed by atoms with van der Waals surface area (Å²) in [6.45, 7) is 0.533. The Morgan fingerprint density at radius 3 is 2.68 bits per heavy atom. The van der Waals surface area contributed by atoms with E-state index in [0.29, 0.717) is 37.3 Å². The third kappa shape index (κ3) is 3.96. The maximum Gasteiger partial charge on any atom is 0.446 e. The van der Waals surface area contributed by atoms with Gasteiger partial charge in [0, 0.05) is 13.7 Å². The first kappa shape index (κ1) is 19.7. The Kier molecular flexibility index (Phi) is 5.58. The molecular weight excluding hydrogens is 388 g/mol. The van der Waals surface area contributed by atoms with Gasteiger partial charge in [-0.3, -0.25) is 4.52 Å². The number of hydrogen-bond acceptors (Lipinski definition) is 7. The predicted molar refractivity (Wildman–Crippen MR) is 85.2 cm³/mol. The topological polar surface area (TPSA) is 96.2 Å². The van der Waals surface area contributed by atoms with Crippen LogP contribution in [-0.4, -0.2) is 33.8 Å². The minimum Gasteiger partial charge on any atom is -0.385 e. The second-order valence-corrected chi connectivity index (χ2v) is 5.78. The van der Waals surface area contributed by atoms with Gasteiger partial charge in [0.25, 0.3) is 0 Å². The lowest BCUT2D eigenvalue weighted by Crippen LogP contribution is -2.16. The molecule has 8 nitrogen and oxygen atoms in total. The highest BCUT2D eigenvalue weighted by Crippen LogP contribution is 2.33. The average molecular weight is 402 g/mol. The summed E-state index contributed by atoms with van der Waals surface area (Å²) >= 11 is 0. The van der Waals surface area contributed by atoms with Crippen molar-refractivity contribution in [2.75, 3.05) is 13.7 Å². The lowest BCUT2D eigenvalue weighted by molar-refractivity contribution is -0.140. The van der Waals surface area contributed by atoms with E-state index in [1.807, 2.05) is 0 Å². The van der Waals surface area contributed by atoms with Crippen molar-refractivity contribution in [3.8, 4) is 17.2 Å². The van der Waals surface area contributed by atoms with Gasteiger partial charge < -0.3 is 4.74 Å². The van der Waals surface area contributed by atoms with Crippen LogP contribution in [0.1, 0.15) is 24.1 Å². The van der Waals surface area contributed by atoms with Crippen molar-refractivity contribution in [2.24, 2.45) is 0 Å². The smallest absolute Gasteiger partial charge is 0.385 e. The lowest BCUT2D eigenvalue weighted by atomic mass is 10.1. The number of halogens is 4. The van der Waals surface area contributed by atoms with Gasteiger partial charge in [-0.05, 0) is 42.6 Å². The van der Waals surface area contributed by atoms with Crippen LogP contribution in [0.25, 0.3) is 17.2 Å². The molecule has 0 aliphatic carbocycles. The monoisotopic (exact) mass is 402 g/mol. The van der Waals surface area contributed by atoms with Gasteiger partial charge in [0.1, 0.15) is 11.5 Å². The Hall–Kier alpha value is -3.02. The number of ether oxygens (including phenoxy) is 1. The second kappa shape index (κ2) is 7.92. The number of methoxy groups -OCH3 is 1. The van der Waals surface area contributed by atoms with Crippen molar-refractivity contribution < 1.29 is 31.5 Å². The highest BCUT2D eigenvalue weighted by atomic mass is 19.4. The average Bonchev–Trinajstić information content (AvgIpc) is 3.24. The second-order valence-electron chi connectivity index (χ2n) is 5.78. The number of hydrogen-bond donors (Lipinski definition) is 0. The maximum absolute atomic E-state index is 13.6. The van der Waals surface area contributed by atoms with Gasteiger partial charge in [-0.25, -0.2) is 18.4 Å². The summed E-state index contributed by atoms with van der Waals surface area (Å²) in [5.41, 5.74) is -1.43. The third-order valence-corrected chi connectivity index (χ3v) is 3.90. The Labute approximate surface area is 154 Å². The fraction of sp³-hybridized carbons (Fsp3) is 0.375. The molecule has 0 aliphatic rings. The van der Waals surface area contributed by atoms with Crippen molar-refractivity contribution in [2.45, 2.75) is 25.4 Å².